The van der Waals surface area contributed by atoms with Crippen LogP contribution in [0, 0.1) is 5.92 Å². The third-order valence-corrected chi connectivity index (χ3v) is 4.93. The van der Waals surface area contributed by atoms with Crippen molar-refractivity contribution in [3.8, 4) is 0 Å². The number of fused-ring (bicyclic) bond motifs is 1. The summed E-state index contributed by atoms with van der Waals surface area (Å²) >= 11 is 6.94. The van der Waals surface area contributed by atoms with Gasteiger partial charge in [0.1, 0.15) is 0 Å². The van der Waals surface area contributed by atoms with E-state index in [9.17, 15) is 4.79 Å². The molecule has 0 aliphatic carbocycles. The number of halogens is 2. The summed E-state index contributed by atoms with van der Waals surface area (Å²) in [6.07, 6.45) is 0.642. The van der Waals surface area contributed by atoms with Crippen molar-refractivity contribution in [3.63, 3.8) is 0 Å². The minimum absolute atomic E-state index is 0.223. The zero-order valence-electron chi connectivity index (χ0n) is 10.3. The molecule has 1 atom stereocenters. The molecule has 1 amide bonds. The lowest BCUT2D eigenvalue weighted by atomic mass is 10.1. The Hall–Kier alpha value is -0.870. The van der Waals surface area contributed by atoms with Crippen molar-refractivity contribution in [2.24, 2.45) is 5.92 Å². The van der Waals surface area contributed by atoms with Crippen LogP contribution in [0.2, 0.25) is 0 Å². The lowest BCUT2D eigenvalue weighted by Gasteiger charge is -2.17. The second-order valence-corrected chi connectivity index (χ2v) is 6.47. The Morgan fingerprint density at radius 2 is 1.89 bits per heavy atom. The highest BCUT2D eigenvalue weighted by Gasteiger charge is 2.29. The first-order valence-corrected chi connectivity index (χ1v) is 8.14. The summed E-state index contributed by atoms with van der Waals surface area (Å²) in [6, 6.07) is 12.4. The lowest BCUT2D eigenvalue weighted by molar-refractivity contribution is -0.117. The third-order valence-electron chi connectivity index (χ3n) is 3.52. The smallest absolute Gasteiger partial charge is 0.227 e. The van der Waals surface area contributed by atoms with Gasteiger partial charge in [-0.05, 0) is 41.0 Å². The van der Waals surface area contributed by atoms with Gasteiger partial charge < -0.3 is 4.90 Å². The van der Waals surface area contributed by atoms with Gasteiger partial charge in [-0.25, -0.2) is 0 Å². The summed E-state index contributed by atoms with van der Waals surface area (Å²) in [4.78, 5) is 13.9. The van der Waals surface area contributed by atoms with Crippen molar-refractivity contribution in [2.45, 2.75) is 6.42 Å². The highest BCUT2D eigenvalue weighted by molar-refractivity contribution is 9.10. The van der Waals surface area contributed by atoms with Crippen LogP contribution in [0.5, 0.6) is 0 Å². The molecule has 0 bridgehead atoms. The molecule has 98 valence electrons. The molecule has 1 aliphatic rings. The lowest BCUT2D eigenvalue weighted by Crippen LogP contribution is -2.24. The van der Waals surface area contributed by atoms with Crippen LogP contribution >= 0.6 is 31.9 Å². The van der Waals surface area contributed by atoms with E-state index in [0.29, 0.717) is 12.3 Å². The maximum Gasteiger partial charge on any atom is 0.227 e. The standard InChI is InChI=1S/C15H13Br2NO/c16-8-10-5-15(19)18(9-10)14-4-2-11-6-13(17)3-1-12(11)7-14/h1-4,6-7,10H,5,8-9H2. The first kappa shape index (κ1) is 13.1. The van der Waals surface area contributed by atoms with Crippen LogP contribution in [-0.2, 0) is 4.79 Å². The molecule has 0 spiro atoms. The van der Waals surface area contributed by atoms with Crippen molar-refractivity contribution < 1.29 is 4.79 Å². The summed E-state index contributed by atoms with van der Waals surface area (Å²) in [6.45, 7) is 0.812. The van der Waals surface area contributed by atoms with Gasteiger partial charge in [0.2, 0.25) is 5.91 Å². The molecule has 1 aliphatic heterocycles. The molecule has 19 heavy (non-hydrogen) atoms. The predicted octanol–water partition coefficient (Wildman–Crippen LogP) is 4.35. The minimum atomic E-state index is 0.223. The molecule has 2 nitrogen and oxygen atoms in total. The fraction of sp³-hybridized carbons (Fsp3) is 0.267. The summed E-state index contributed by atoms with van der Waals surface area (Å²) < 4.78 is 1.07. The number of alkyl halides is 1. The molecule has 2 aromatic carbocycles. The maximum absolute atomic E-state index is 12.0. The number of rotatable bonds is 2. The van der Waals surface area contributed by atoms with Crippen molar-refractivity contribution in [2.75, 3.05) is 16.8 Å². The highest BCUT2D eigenvalue weighted by Crippen LogP contribution is 2.29. The Kier molecular flexibility index (Phi) is 3.63. The highest BCUT2D eigenvalue weighted by atomic mass is 79.9. The van der Waals surface area contributed by atoms with Crippen LogP contribution in [0.25, 0.3) is 10.8 Å². The van der Waals surface area contributed by atoms with Gasteiger partial charge in [0, 0.05) is 28.5 Å². The van der Waals surface area contributed by atoms with E-state index >= 15 is 0 Å². The molecular formula is C15H13Br2NO. The monoisotopic (exact) mass is 381 g/mol. The first-order valence-electron chi connectivity index (χ1n) is 6.23. The van der Waals surface area contributed by atoms with Gasteiger partial charge in [-0.3, -0.25) is 4.79 Å². The summed E-state index contributed by atoms with van der Waals surface area (Å²) in [7, 11) is 0. The van der Waals surface area contributed by atoms with E-state index < -0.39 is 0 Å². The van der Waals surface area contributed by atoms with E-state index in [0.717, 1.165) is 27.4 Å². The fourth-order valence-corrected chi connectivity index (χ4v) is 3.32. The second kappa shape index (κ2) is 5.25. The molecule has 1 heterocycles. The largest absolute Gasteiger partial charge is 0.312 e. The van der Waals surface area contributed by atoms with E-state index in [1.165, 1.54) is 5.39 Å². The Morgan fingerprint density at radius 1 is 1.16 bits per heavy atom. The molecule has 0 radical (unpaired) electrons. The van der Waals surface area contributed by atoms with E-state index in [2.05, 4.69) is 56.1 Å². The number of amides is 1. The van der Waals surface area contributed by atoms with Crippen LogP contribution in [0.15, 0.2) is 40.9 Å². The summed E-state index contributed by atoms with van der Waals surface area (Å²) in [5.41, 5.74) is 1.00. The SMILES string of the molecule is O=C1CC(CBr)CN1c1ccc2cc(Br)ccc2c1. The van der Waals surface area contributed by atoms with Crippen LogP contribution in [0.3, 0.4) is 0 Å². The zero-order chi connectivity index (χ0) is 13.4. The molecule has 3 rings (SSSR count). The van der Waals surface area contributed by atoms with Crippen molar-refractivity contribution >= 4 is 54.2 Å². The van der Waals surface area contributed by atoms with Gasteiger partial charge in [0.15, 0.2) is 0 Å². The van der Waals surface area contributed by atoms with Gasteiger partial charge in [0.05, 0.1) is 0 Å². The van der Waals surface area contributed by atoms with Gasteiger partial charge in [-0.1, -0.05) is 44.0 Å². The average Bonchev–Trinajstić information content (AvgIpc) is 2.79. The van der Waals surface area contributed by atoms with Gasteiger partial charge in [-0.15, -0.1) is 0 Å². The minimum Gasteiger partial charge on any atom is -0.312 e. The topological polar surface area (TPSA) is 20.3 Å². The number of carbonyl (C=O) groups excluding carboxylic acids is 1. The molecule has 1 saturated heterocycles. The Bertz CT molecular complexity index is 641. The molecule has 0 saturated carbocycles. The first-order chi connectivity index (χ1) is 9.17. The number of benzene rings is 2. The van der Waals surface area contributed by atoms with Gasteiger partial charge in [0.25, 0.3) is 0 Å². The van der Waals surface area contributed by atoms with E-state index in [1.54, 1.807) is 0 Å². The molecule has 2 aromatic rings. The quantitative estimate of drug-likeness (QED) is 0.707. The molecule has 0 aromatic heterocycles. The van der Waals surface area contributed by atoms with E-state index in [-0.39, 0.29) is 5.91 Å². The van der Waals surface area contributed by atoms with Crippen LogP contribution < -0.4 is 4.90 Å². The number of hydrogen-bond donors (Lipinski definition) is 0. The molecule has 1 fully saturated rings. The number of hydrogen-bond acceptors (Lipinski definition) is 1. The van der Waals surface area contributed by atoms with Crippen LogP contribution in [0.1, 0.15) is 6.42 Å². The molecular weight excluding hydrogens is 370 g/mol. The maximum atomic E-state index is 12.0. The number of anilines is 1. The predicted molar refractivity (Wildman–Crippen MR) is 85.9 cm³/mol. The van der Waals surface area contributed by atoms with Crippen molar-refractivity contribution in [1.29, 1.82) is 0 Å². The van der Waals surface area contributed by atoms with Crippen LogP contribution in [0.4, 0.5) is 5.69 Å². The Labute approximate surface area is 129 Å². The molecule has 4 heteroatoms. The van der Waals surface area contributed by atoms with E-state index in [4.69, 9.17) is 0 Å². The summed E-state index contributed by atoms with van der Waals surface area (Å²) in [5, 5.41) is 3.23. The number of nitrogens with zero attached hydrogens (tertiary/aromatic N) is 1. The molecule has 1 unspecified atom stereocenters. The van der Waals surface area contributed by atoms with Crippen molar-refractivity contribution in [1.82, 2.24) is 0 Å². The Balaban J connectivity index is 1.97. The fourth-order valence-electron chi connectivity index (χ4n) is 2.51. The van der Waals surface area contributed by atoms with Crippen LogP contribution in [-0.4, -0.2) is 17.8 Å². The van der Waals surface area contributed by atoms with E-state index in [1.807, 2.05) is 17.0 Å². The zero-order valence-corrected chi connectivity index (χ0v) is 13.4. The van der Waals surface area contributed by atoms with Gasteiger partial charge in [-0.2, -0.15) is 0 Å². The molecule has 0 N–H and O–H groups in total. The number of carbonyl (C=O) groups is 1. The second-order valence-electron chi connectivity index (χ2n) is 4.90. The average molecular weight is 383 g/mol. The van der Waals surface area contributed by atoms with Gasteiger partial charge >= 0.3 is 0 Å². The van der Waals surface area contributed by atoms with Crippen molar-refractivity contribution in [3.05, 3.63) is 40.9 Å². The third kappa shape index (κ3) is 2.56. The summed E-state index contributed by atoms with van der Waals surface area (Å²) in [5.74, 6) is 0.647. The normalized spacial score (nSPS) is 19.4. The Morgan fingerprint density at radius 3 is 2.63 bits per heavy atom.